The van der Waals surface area contributed by atoms with Crippen LogP contribution in [0.25, 0.3) is 0 Å². The number of nitrogens with one attached hydrogen (secondary N) is 1. The summed E-state index contributed by atoms with van der Waals surface area (Å²) in [7, 11) is -3.32. The highest BCUT2D eigenvalue weighted by atomic mass is 32.2. The van der Waals surface area contributed by atoms with E-state index in [-0.39, 0.29) is 0 Å². The number of rotatable bonds is 3. The third kappa shape index (κ3) is 3.90. The van der Waals surface area contributed by atoms with E-state index in [2.05, 4.69) is 5.32 Å². The first-order valence-corrected chi connectivity index (χ1v) is 6.68. The number of hydrogen-bond acceptors (Lipinski definition) is 4. The van der Waals surface area contributed by atoms with E-state index in [0.717, 1.165) is 11.8 Å². The zero-order valence-electron chi connectivity index (χ0n) is 9.15. The minimum absolute atomic E-state index is 0.410. The lowest BCUT2D eigenvalue weighted by Gasteiger charge is -2.08. The zero-order chi connectivity index (χ0) is 12.3. The van der Waals surface area contributed by atoms with Gasteiger partial charge >= 0.3 is 0 Å². The monoisotopic (exact) mass is 242 g/mol. The number of benzene rings is 1. The maximum atomic E-state index is 11.3. The van der Waals surface area contributed by atoms with Crippen molar-refractivity contribution in [1.82, 2.24) is 0 Å². The van der Waals surface area contributed by atoms with Crippen LogP contribution in [0.1, 0.15) is 5.56 Å². The number of aryl methyl sites for hydroxylation is 1. The van der Waals surface area contributed by atoms with Crippen molar-refractivity contribution in [1.29, 1.82) is 0 Å². The SMILES string of the molecule is Cc1ccc(N)c(NC(=O)CS(C)(=O)=O)c1. The fraction of sp³-hybridized carbons (Fsp3) is 0.300. The van der Waals surface area contributed by atoms with Gasteiger partial charge in [0, 0.05) is 6.26 Å². The number of amides is 1. The van der Waals surface area contributed by atoms with Crippen LogP contribution in [0.3, 0.4) is 0 Å². The number of sulfone groups is 1. The van der Waals surface area contributed by atoms with Crippen molar-refractivity contribution in [2.45, 2.75) is 6.92 Å². The first-order valence-electron chi connectivity index (χ1n) is 4.61. The quantitative estimate of drug-likeness (QED) is 0.758. The Hall–Kier alpha value is -1.56. The Balaban J connectivity index is 2.81. The van der Waals surface area contributed by atoms with Crippen LogP contribution in [0.5, 0.6) is 0 Å². The molecule has 0 unspecified atom stereocenters. The van der Waals surface area contributed by atoms with Gasteiger partial charge in [0.25, 0.3) is 0 Å². The highest BCUT2D eigenvalue weighted by Crippen LogP contribution is 2.19. The van der Waals surface area contributed by atoms with Crippen molar-refractivity contribution in [2.24, 2.45) is 0 Å². The number of carbonyl (C=O) groups excluding carboxylic acids is 1. The molecule has 1 rings (SSSR count). The fourth-order valence-corrected chi connectivity index (χ4v) is 1.75. The van der Waals surface area contributed by atoms with Crippen LogP contribution in [0.2, 0.25) is 0 Å². The molecule has 0 radical (unpaired) electrons. The number of hydrogen-bond donors (Lipinski definition) is 2. The maximum Gasteiger partial charge on any atom is 0.239 e. The van der Waals surface area contributed by atoms with Crippen molar-refractivity contribution >= 4 is 27.1 Å². The van der Waals surface area contributed by atoms with Crippen LogP contribution in [-0.4, -0.2) is 26.3 Å². The van der Waals surface area contributed by atoms with Gasteiger partial charge in [0.2, 0.25) is 5.91 Å². The molecule has 0 saturated heterocycles. The Bertz CT molecular complexity index is 509. The van der Waals surface area contributed by atoms with E-state index < -0.39 is 21.5 Å². The molecule has 0 aliphatic rings. The fourth-order valence-electron chi connectivity index (χ4n) is 1.20. The van der Waals surface area contributed by atoms with Gasteiger partial charge in [-0.3, -0.25) is 4.79 Å². The van der Waals surface area contributed by atoms with Gasteiger partial charge in [-0.2, -0.15) is 0 Å². The van der Waals surface area contributed by atoms with Crippen LogP contribution >= 0.6 is 0 Å². The zero-order valence-corrected chi connectivity index (χ0v) is 9.97. The van der Waals surface area contributed by atoms with Crippen LogP contribution < -0.4 is 11.1 Å². The average Bonchev–Trinajstić information content (AvgIpc) is 2.08. The molecule has 1 aromatic carbocycles. The van der Waals surface area contributed by atoms with Crippen molar-refractivity contribution in [2.75, 3.05) is 23.1 Å². The van der Waals surface area contributed by atoms with Gasteiger partial charge in [0.05, 0.1) is 11.4 Å². The summed E-state index contributed by atoms with van der Waals surface area (Å²) in [6.45, 7) is 1.85. The molecule has 0 aliphatic carbocycles. The van der Waals surface area contributed by atoms with E-state index in [1.165, 1.54) is 0 Å². The molecule has 16 heavy (non-hydrogen) atoms. The predicted octanol–water partition coefficient (Wildman–Crippen LogP) is 0.560. The number of anilines is 2. The smallest absolute Gasteiger partial charge is 0.239 e. The van der Waals surface area contributed by atoms with E-state index in [0.29, 0.717) is 11.4 Å². The number of carbonyl (C=O) groups is 1. The molecule has 0 fully saturated rings. The number of nitrogens with two attached hydrogens (primary N) is 1. The van der Waals surface area contributed by atoms with Gasteiger partial charge in [-0.15, -0.1) is 0 Å². The summed E-state index contributed by atoms with van der Waals surface area (Å²) in [5.41, 5.74) is 7.42. The highest BCUT2D eigenvalue weighted by Gasteiger charge is 2.12. The molecule has 0 spiro atoms. The van der Waals surface area contributed by atoms with Gasteiger partial charge in [0.15, 0.2) is 9.84 Å². The maximum absolute atomic E-state index is 11.3. The molecule has 0 saturated carbocycles. The van der Waals surface area contributed by atoms with Crippen molar-refractivity contribution in [3.63, 3.8) is 0 Å². The second kappa shape index (κ2) is 4.52. The van der Waals surface area contributed by atoms with Crippen molar-refractivity contribution in [3.05, 3.63) is 23.8 Å². The van der Waals surface area contributed by atoms with Gasteiger partial charge in [-0.05, 0) is 24.6 Å². The molecule has 0 aromatic heterocycles. The normalized spacial score (nSPS) is 11.1. The Morgan fingerprint density at radius 3 is 2.62 bits per heavy atom. The second-order valence-corrected chi connectivity index (χ2v) is 5.85. The summed E-state index contributed by atoms with van der Waals surface area (Å²) < 4.78 is 21.8. The third-order valence-corrected chi connectivity index (χ3v) is 2.66. The van der Waals surface area contributed by atoms with Gasteiger partial charge < -0.3 is 11.1 Å². The predicted molar refractivity (Wildman–Crippen MR) is 63.9 cm³/mol. The van der Waals surface area contributed by atoms with Crippen molar-refractivity contribution in [3.8, 4) is 0 Å². The lowest BCUT2D eigenvalue weighted by molar-refractivity contribution is -0.113. The summed E-state index contributed by atoms with van der Waals surface area (Å²) in [5, 5.41) is 2.46. The molecule has 88 valence electrons. The minimum atomic E-state index is -3.32. The molecule has 0 aliphatic heterocycles. The van der Waals surface area contributed by atoms with Gasteiger partial charge in [-0.1, -0.05) is 6.07 Å². The summed E-state index contributed by atoms with van der Waals surface area (Å²) in [4.78, 5) is 11.3. The Labute approximate surface area is 94.6 Å². The van der Waals surface area contributed by atoms with E-state index in [1.807, 2.05) is 13.0 Å². The van der Waals surface area contributed by atoms with E-state index in [1.54, 1.807) is 12.1 Å². The molecule has 0 heterocycles. The molecular formula is C10H14N2O3S. The molecule has 0 bridgehead atoms. The Morgan fingerprint density at radius 1 is 1.44 bits per heavy atom. The number of nitrogen functional groups attached to an aromatic ring is 1. The van der Waals surface area contributed by atoms with E-state index in [9.17, 15) is 13.2 Å². The Morgan fingerprint density at radius 2 is 2.06 bits per heavy atom. The average molecular weight is 242 g/mol. The topological polar surface area (TPSA) is 89.3 Å². The van der Waals surface area contributed by atoms with Gasteiger partial charge in [-0.25, -0.2) is 8.42 Å². The van der Waals surface area contributed by atoms with Crippen LogP contribution in [0.15, 0.2) is 18.2 Å². The summed E-state index contributed by atoms with van der Waals surface area (Å²) in [6, 6.07) is 5.16. The van der Waals surface area contributed by atoms with Crippen LogP contribution in [0.4, 0.5) is 11.4 Å². The molecule has 3 N–H and O–H groups in total. The van der Waals surface area contributed by atoms with E-state index in [4.69, 9.17) is 5.73 Å². The highest BCUT2D eigenvalue weighted by molar-refractivity contribution is 7.91. The standard InChI is InChI=1S/C10H14N2O3S/c1-7-3-4-8(11)9(5-7)12-10(13)6-16(2,14)15/h3-5H,6,11H2,1-2H3,(H,12,13). The summed E-state index contributed by atoms with van der Waals surface area (Å²) in [5.74, 6) is -1.12. The van der Waals surface area contributed by atoms with E-state index >= 15 is 0 Å². The second-order valence-electron chi connectivity index (χ2n) is 3.71. The first kappa shape index (κ1) is 12.5. The third-order valence-electron chi connectivity index (χ3n) is 1.88. The van der Waals surface area contributed by atoms with Gasteiger partial charge in [0.1, 0.15) is 5.75 Å². The molecule has 0 atom stereocenters. The summed E-state index contributed by atoms with van der Waals surface area (Å²) >= 11 is 0. The Kier molecular flexibility index (Phi) is 3.54. The lowest BCUT2D eigenvalue weighted by Crippen LogP contribution is -2.22. The largest absolute Gasteiger partial charge is 0.397 e. The molecular weight excluding hydrogens is 228 g/mol. The molecule has 1 amide bonds. The lowest BCUT2D eigenvalue weighted by atomic mass is 10.2. The molecule has 6 heteroatoms. The summed E-state index contributed by atoms with van der Waals surface area (Å²) in [6.07, 6.45) is 1.01. The minimum Gasteiger partial charge on any atom is -0.397 e. The first-order chi connectivity index (χ1) is 7.28. The molecule has 5 nitrogen and oxygen atoms in total. The van der Waals surface area contributed by atoms with Crippen LogP contribution in [0, 0.1) is 6.92 Å². The van der Waals surface area contributed by atoms with Crippen molar-refractivity contribution < 1.29 is 13.2 Å². The molecule has 1 aromatic rings. The van der Waals surface area contributed by atoms with Crippen LogP contribution in [-0.2, 0) is 14.6 Å².